The molecule has 0 aromatic rings. The third kappa shape index (κ3) is 11.6. The summed E-state index contributed by atoms with van der Waals surface area (Å²) in [5.41, 5.74) is 7.67. The minimum absolute atomic E-state index is 0. The summed E-state index contributed by atoms with van der Waals surface area (Å²) in [6.45, 7) is 5.14. The molecule has 5 N–H and O–H groups in total. The van der Waals surface area contributed by atoms with E-state index in [2.05, 4.69) is 30.3 Å². The zero-order chi connectivity index (χ0) is 6.41. The van der Waals surface area contributed by atoms with Crippen molar-refractivity contribution in [3.8, 4) is 0 Å². The molecule has 0 aliphatic rings. The van der Waals surface area contributed by atoms with E-state index in [-0.39, 0.29) is 12.4 Å². The first-order valence-electron chi connectivity index (χ1n) is 2.71. The summed E-state index contributed by atoms with van der Waals surface area (Å²) in [6.07, 6.45) is 0. The van der Waals surface area contributed by atoms with Gasteiger partial charge in [-0.15, -0.1) is 12.4 Å². The standard InChI is InChI=1S/C4H14N4.ClH/c1-4(2)3-6-8-7-5;/h4,6-8H,3,5H2,1-2H3;1H. The fraction of sp³-hybridized carbons (Fsp3) is 1.00. The van der Waals surface area contributed by atoms with Crippen molar-refractivity contribution >= 4 is 12.4 Å². The van der Waals surface area contributed by atoms with Crippen LogP contribution in [0, 0.1) is 5.92 Å². The highest BCUT2D eigenvalue weighted by atomic mass is 35.5. The van der Waals surface area contributed by atoms with E-state index >= 15 is 0 Å². The van der Waals surface area contributed by atoms with Gasteiger partial charge < -0.3 is 0 Å². The Morgan fingerprint density at radius 3 is 2.33 bits per heavy atom. The van der Waals surface area contributed by atoms with Crippen molar-refractivity contribution in [3.63, 3.8) is 0 Å². The fourth-order valence-electron chi connectivity index (χ4n) is 0.306. The number of halogens is 1. The summed E-state index contributed by atoms with van der Waals surface area (Å²) >= 11 is 0. The highest BCUT2D eigenvalue weighted by Crippen LogP contribution is 1.83. The van der Waals surface area contributed by atoms with E-state index in [4.69, 9.17) is 5.84 Å². The minimum Gasteiger partial charge on any atom is -0.257 e. The lowest BCUT2D eigenvalue weighted by molar-refractivity contribution is 0.410. The van der Waals surface area contributed by atoms with Gasteiger partial charge in [0.15, 0.2) is 0 Å². The Hall–Kier alpha value is 0.130. The molecule has 0 radical (unpaired) electrons. The normalized spacial score (nSPS) is 9.33. The predicted octanol–water partition coefficient (Wildman–Crippen LogP) is -0.463. The molecule has 0 rings (SSSR count). The average Bonchev–Trinajstić information content (AvgIpc) is 1.66. The SMILES string of the molecule is CC(C)CNNNN.Cl. The van der Waals surface area contributed by atoms with Crippen molar-refractivity contribution in [2.45, 2.75) is 13.8 Å². The molecule has 0 atom stereocenters. The van der Waals surface area contributed by atoms with Gasteiger partial charge in [-0.05, 0) is 5.92 Å². The zero-order valence-electron chi connectivity index (χ0n) is 5.77. The van der Waals surface area contributed by atoms with Gasteiger partial charge in [0.05, 0.1) is 0 Å². The van der Waals surface area contributed by atoms with E-state index in [0.717, 1.165) is 6.54 Å². The number of rotatable bonds is 4. The van der Waals surface area contributed by atoms with Gasteiger partial charge in [-0.2, -0.15) is 11.1 Å². The maximum Gasteiger partial charge on any atom is 0.0137 e. The van der Waals surface area contributed by atoms with E-state index in [0.29, 0.717) is 5.92 Å². The molecule has 0 saturated carbocycles. The van der Waals surface area contributed by atoms with Crippen molar-refractivity contribution in [1.82, 2.24) is 16.5 Å². The molecule has 0 aliphatic heterocycles. The summed E-state index contributed by atoms with van der Waals surface area (Å²) in [4.78, 5) is 0. The van der Waals surface area contributed by atoms with Crippen LogP contribution < -0.4 is 22.3 Å². The Balaban J connectivity index is 0. The van der Waals surface area contributed by atoms with Gasteiger partial charge in [-0.25, -0.2) is 5.43 Å². The Labute approximate surface area is 61.9 Å². The molecule has 0 fully saturated rings. The molecule has 4 nitrogen and oxygen atoms in total. The Morgan fingerprint density at radius 2 is 2.00 bits per heavy atom. The van der Waals surface area contributed by atoms with Crippen LogP contribution in [0.25, 0.3) is 0 Å². The molecule has 0 spiro atoms. The second-order valence-electron chi connectivity index (χ2n) is 2.04. The predicted molar refractivity (Wildman–Crippen MR) is 40.5 cm³/mol. The molecule has 58 valence electrons. The summed E-state index contributed by atoms with van der Waals surface area (Å²) < 4.78 is 0. The van der Waals surface area contributed by atoms with Gasteiger partial charge in [0.1, 0.15) is 0 Å². The molecule has 0 unspecified atom stereocenters. The number of nitrogens with one attached hydrogen (secondary N) is 3. The van der Waals surface area contributed by atoms with Crippen molar-refractivity contribution in [2.24, 2.45) is 11.8 Å². The van der Waals surface area contributed by atoms with E-state index in [1.807, 2.05) is 0 Å². The van der Waals surface area contributed by atoms with E-state index < -0.39 is 0 Å². The summed E-state index contributed by atoms with van der Waals surface area (Å²) in [5.74, 6) is 5.53. The topological polar surface area (TPSA) is 62.1 Å². The van der Waals surface area contributed by atoms with Crippen molar-refractivity contribution in [1.29, 1.82) is 0 Å². The van der Waals surface area contributed by atoms with Crippen molar-refractivity contribution in [3.05, 3.63) is 0 Å². The smallest absolute Gasteiger partial charge is 0.0137 e. The van der Waals surface area contributed by atoms with Gasteiger partial charge in [0, 0.05) is 6.54 Å². The highest BCUT2D eigenvalue weighted by molar-refractivity contribution is 5.85. The summed E-state index contributed by atoms with van der Waals surface area (Å²) in [7, 11) is 0. The van der Waals surface area contributed by atoms with Gasteiger partial charge in [-0.3, -0.25) is 5.84 Å². The second kappa shape index (κ2) is 8.13. The quantitative estimate of drug-likeness (QED) is 0.251. The largest absolute Gasteiger partial charge is 0.257 e. The van der Waals surface area contributed by atoms with Crippen LogP contribution in [0.2, 0.25) is 0 Å². The first-order chi connectivity index (χ1) is 3.77. The lowest BCUT2D eigenvalue weighted by atomic mass is 10.2. The Bertz CT molecular complexity index is 49.8. The number of hydrazine groups is 3. The fourth-order valence-corrected chi connectivity index (χ4v) is 0.306. The first-order valence-corrected chi connectivity index (χ1v) is 2.71. The van der Waals surface area contributed by atoms with Crippen molar-refractivity contribution < 1.29 is 0 Å². The van der Waals surface area contributed by atoms with Crippen LogP contribution in [0.15, 0.2) is 0 Å². The molecule has 0 aromatic carbocycles. The first kappa shape index (κ1) is 11.9. The van der Waals surface area contributed by atoms with E-state index in [1.165, 1.54) is 0 Å². The Kier molecular flexibility index (Phi) is 10.7. The highest BCUT2D eigenvalue weighted by Gasteiger charge is 1.88. The second-order valence-corrected chi connectivity index (χ2v) is 2.04. The molecular weight excluding hydrogens is 140 g/mol. The Morgan fingerprint density at radius 1 is 1.44 bits per heavy atom. The molecule has 0 saturated heterocycles. The molecule has 0 aromatic heterocycles. The number of nitrogens with two attached hydrogens (primary N) is 1. The van der Waals surface area contributed by atoms with Crippen LogP contribution in [-0.4, -0.2) is 6.54 Å². The van der Waals surface area contributed by atoms with Crippen LogP contribution >= 0.6 is 12.4 Å². The molecule has 0 heterocycles. The monoisotopic (exact) mass is 154 g/mol. The number of hydrogen-bond acceptors (Lipinski definition) is 4. The maximum absolute atomic E-state index is 4.89. The van der Waals surface area contributed by atoms with Crippen molar-refractivity contribution in [2.75, 3.05) is 6.54 Å². The zero-order valence-corrected chi connectivity index (χ0v) is 6.59. The minimum atomic E-state index is 0. The maximum atomic E-state index is 4.89. The van der Waals surface area contributed by atoms with Crippen LogP contribution in [0.1, 0.15) is 13.8 Å². The van der Waals surface area contributed by atoms with E-state index in [9.17, 15) is 0 Å². The number of hydrogen-bond donors (Lipinski definition) is 4. The third-order valence-corrected chi connectivity index (χ3v) is 0.671. The summed E-state index contributed by atoms with van der Waals surface area (Å²) in [5, 5.41) is 0. The lowest BCUT2D eigenvalue weighted by Gasteiger charge is -2.06. The van der Waals surface area contributed by atoms with Crippen LogP contribution in [0.4, 0.5) is 0 Å². The average molecular weight is 155 g/mol. The van der Waals surface area contributed by atoms with Gasteiger partial charge >= 0.3 is 0 Å². The van der Waals surface area contributed by atoms with Gasteiger partial charge in [0.2, 0.25) is 0 Å². The van der Waals surface area contributed by atoms with Crippen LogP contribution in [-0.2, 0) is 0 Å². The lowest BCUT2D eigenvalue weighted by Crippen LogP contribution is -2.48. The molecule has 0 bridgehead atoms. The van der Waals surface area contributed by atoms with Crippen LogP contribution in [0.5, 0.6) is 0 Å². The van der Waals surface area contributed by atoms with Crippen LogP contribution in [0.3, 0.4) is 0 Å². The van der Waals surface area contributed by atoms with Gasteiger partial charge in [0.25, 0.3) is 0 Å². The summed E-state index contributed by atoms with van der Waals surface area (Å²) in [6, 6.07) is 0. The molecular formula is C4H15ClN4. The molecule has 9 heavy (non-hydrogen) atoms. The molecule has 0 aliphatic carbocycles. The third-order valence-electron chi connectivity index (χ3n) is 0.671. The van der Waals surface area contributed by atoms with E-state index in [1.54, 1.807) is 0 Å². The molecule has 5 heteroatoms. The van der Waals surface area contributed by atoms with Gasteiger partial charge in [-0.1, -0.05) is 13.8 Å². The molecule has 0 amide bonds.